The summed E-state index contributed by atoms with van der Waals surface area (Å²) in [7, 11) is 1.33. The second-order valence-corrected chi connectivity index (χ2v) is 12.7. The Morgan fingerprint density at radius 1 is 1.09 bits per heavy atom. The standard InChI is InChI=1S/C33H44N4O9S/c1-22(36(2)33(42)43)30(40)35-28(23-8-4-3-5-9-23)32(41)37-13-7-12-27(37)31-34-26(21-47-31)29(39)24-10-6-11-25(20-24)46-19-18-45-17-16-44-15-14-38/h6,10-11,14,20-23,27-28H,3-5,7-9,12-13,15-19H2,1-2H3,(H,35,40)(H,42,43)/t22-,27-,28-/m0/s1. The molecule has 2 N–H and O–H groups in total. The zero-order chi connectivity index (χ0) is 33.8. The van der Waals surface area contributed by atoms with E-state index in [1.165, 1.54) is 25.3 Å². The zero-order valence-corrected chi connectivity index (χ0v) is 27.7. The topological polar surface area (TPSA) is 165 Å². The minimum atomic E-state index is -1.22. The van der Waals surface area contributed by atoms with Gasteiger partial charge in [-0.3, -0.25) is 19.3 Å². The highest BCUT2D eigenvalue weighted by atomic mass is 32.1. The molecule has 1 saturated carbocycles. The number of aromatic nitrogens is 1. The fourth-order valence-corrected chi connectivity index (χ4v) is 6.87. The molecule has 4 rings (SSSR count). The quantitative estimate of drug-likeness (QED) is 0.144. The maximum Gasteiger partial charge on any atom is 0.407 e. The number of ketones is 1. The first-order chi connectivity index (χ1) is 22.7. The van der Waals surface area contributed by atoms with Crippen LogP contribution in [0.3, 0.4) is 0 Å². The molecule has 256 valence electrons. The third-order valence-electron chi connectivity index (χ3n) is 8.67. The third-order valence-corrected chi connectivity index (χ3v) is 9.62. The van der Waals surface area contributed by atoms with Crippen LogP contribution in [-0.4, -0.2) is 109 Å². The van der Waals surface area contributed by atoms with Gasteiger partial charge in [-0.2, -0.15) is 0 Å². The molecule has 3 amide bonds. The van der Waals surface area contributed by atoms with E-state index in [2.05, 4.69) is 10.3 Å². The maximum atomic E-state index is 14.1. The molecule has 1 aromatic carbocycles. The monoisotopic (exact) mass is 672 g/mol. The molecule has 0 bridgehead atoms. The largest absolute Gasteiger partial charge is 0.491 e. The van der Waals surface area contributed by atoms with Crippen LogP contribution in [0, 0.1) is 5.92 Å². The molecule has 2 aromatic rings. The summed E-state index contributed by atoms with van der Waals surface area (Å²) in [6.07, 6.45) is 5.53. The van der Waals surface area contributed by atoms with Gasteiger partial charge in [-0.1, -0.05) is 31.4 Å². The van der Waals surface area contributed by atoms with Gasteiger partial charge in [-0.15, -0.1) is 11.3 Å². The minimum absolute atomic E-state index is 0.0356. The third kappa shape index (κ3) is 9.81. The predicted molar refractivity (Wildman–Crippen MR) is 173 cm³/mol. The van der Waals surface area contributed by atoms with Gasteiger partial charge in [-0.25, -0.2) is 9.78 Å². The number of aldehydes is 1. The van der Waals surface area contributed by atoms with Crippen LogP contribution in [0.2, 0.25) is 0 Å². The number of nitrogens with one attached hydrogen (secondary N) is 1. The molecule has 47 heavy (non-hydrogen) atoms. The molecule has 2 aliphatic rings. The Labute approximate surface area is 278 Å². The van der Waals surface area contributed by atoms with E-state index >= 15 is 0 Å². The molecule has 13 nitrogen and oxygen atoms in total. The SMILES string of the molecule is C[C@@H](C(=O)N[C@H](C(=O)N1CCC[C@H]1c1nc(C(=O)c2cccc(OCCOCCOCC=O)c2)cs1)C1CCCCC1)N(C)C(=O)O. The first-order valence-corrected chi connectivity index (χ1v) is 17.0. The van der Waals surface area contributed by atoms with E-state index in [0.29, 0.717) is 55.4 Å². The average molecular weight is 673 g/mol. The van der Waals surface area contributed by atoms with Crippen molar-refractivity contribution < 1.29 is 43.3 Å². The highest BCUT2D eigenvalue weighted by molar-refractivity contribution is 7.10. The van der Waals surface area contributed by atoms with Crippen molar-refractivity contribution in [1.29, 1.82) is 0 Å². The number of benzene rings is 1. The lowest BCUT2D eigenvalue weighted by molar-refractivity contribution is -0.140. The van der Waals surface area contributed by atoms with Crippen molar-refractivity contribution in [3.63, 3.8) is 0 Å². The number of likely N-dealkylation sites (tertiary alicyclic amines) is 1. The maximum absolute atomic E-state index is 14.1. The number of ether oxygens (including phenoxy) is 3. The fraction of sp³-hybridized carbons (Fsp3) is 0.576. The van der Waals surface area contributed by atoms with Gasteiger partial charge >= 0.3 is 6.09 Å². The molecule has 2 fully saturated rings. The van der Waals surface area contributed by atoms with Crippen LogP contribution in [0.4, 0.5) is 4.79 Å². The Morgan fingerprint density at radius 3 is 2.57 bits per heavy atom. The van der Waals surface area contributed by atoms with Gasteiger partial charge in [-0.05, 0) is 50.7 Å². The molecule has 14 heteroatoms. The van der Waals surface area contributed by atoms with E-state index in [9.17, 15) is 29.1 Å². The van der Waals surface area contributed by atoms with Crippen molar-refractivity contribution in [3.05, 3.63) is 45.9 Å². The Hall–Kier alpha value is -3.88. The first kappa shape index (κ1) is 36.0. The van der Waals surface area contributed by atoms with Crippen LogP contribution in [0.25, 0.3) is 0 Å². The first-order valence-electron chi connectivity index (χ1n) is 16.1. The Kier molecular flexibility index (Phi) is 13.7. The summed E-state index contributed by atoms with van der Waals surface area (Å²) < 4.78 is 16.2. The van der Waals surface area contributed by atoms with E-state index in [1.807, 2.05) is 0 Å². The molecule has 3 atom stereocenters. The predicted octanol–water partition coefficient (Wildman–Crippen LogP) is 3.71. The van der Waals surface area contributed by atoms with Crippen molar-refractivity contribution in [3.8, 4) is 5.75 Å². The highest BCUT2D eigenvalue weighted by Gasteiger charge is 2.40. The Bertz CT molecular complexity index is 1380. The molecule has 1 aliphatic carbocycles. The minimum Gasteiger partial charge on any atom is -0.491 e. The van der Waals surface area contributed by atoms with Crippen LogP contribution in [0.5, 0.6) is 5.75 Å². The Morgan fingerprint density at radius 2 is 1.83 bits per heavy atom. The molecule has 1 saturated heterocycles. The summed E-state index contributed by atoms with van der Waals surface area (Å²) >= 11 is 1.33. The van der Waals surface area contributed by atoms with Gasteiger partial charge in [0, 0.05) is 24.5 Å². The van der Waals surface area contributed by atoms with Crippen LogP contribution >= 0.6 is 11.3 Å². The molecule has 0 radical (unpaired) electrons. The molecule has 0 spiro atoms. The fourth-order valence-electron chi connectivity index (χ4n) is 5.92. The van der Waals surface area contributed by atoms with Crippen molar-refractivity contribution in [2.24, 2.45) is 5.92 Å². The van der Waals surface area contributed by atoms with E-state index in [4.69, 9.17) is 14.2 Å². The van der Waals surface area contributed by atoms with Gasteiger partial charge in [0.2, 0.25) is 17.6 Å². The van der Waals surface area contributed by atoms with Crippen molar-refractivity contribution in [2.45, 2.75) is 70.0 Å². The molecule has 0 unspecified atom stereocenters. The summed E-state index contributed by atoms with van der Waals surface area (Å²) in [6, 6.07) is 4.79. The van der Waals surface area contributed by atoms with Crippen molar-refractivity contribution >= 4 is 41.3 Å². The zero-order valence-electron chi connectivity index (χ0n) is 26.9. The summed E-state index contributed by atoms with van der Waals surface area (Å²) in [6.45, 7) is 3.29. The summed E-state index contributed by atoms with van der Waals surface area (Å²) in [5.41, 5.74) is 0.699. The normalized spacial score (nSPS) is 17.9. The summed E-state index contributed by atoms with van der Waals surface area (Å²) in [5.74, 6) is -0.485. The van der Waals surface area contributed by atoms with Gasteiger partial charge < -0.3 is 34.3 Å². The van der Waals surface area contributed by atoms with Crippen molar-refractivity contribution in [1.82, 2.24) is 20.1 Å². The van der Waals surface area contributed by atoms with Crippen LogP contribution in [0.1, 0.15) is 79.0 Å². The number of carbonyl (C=O) groups is 5. The summed E-state index contributed by atoms with van der Waals surface area (Å²) in [4.78, 5) is 69.7. The Balaban J connectivity index is 1.40. The number of hydrogen-bond donors (Lipinski definition) is 2. The van der Waals surface area contributed by atoms with E-state index in [-0.39, 0.29) is 42.6 Å². The second-order valence-electron chi connectivity index (χ2n) is 11.8. The molecular formula is C33H44N4O9S. The number of carboxylic acid groups (broad SMARTS) is 1. The molecular weight excluding hydrogens is 628 g/mol. The van der Waals surface area contributed by atoms with Crippen LogP contribution in [-0.2, 0) is 23.9 Å². The van der Waals surface area contributed by atoms with Gasteiger partial charge in [0.15, 0.2) is 0 Å². The number of amides is 3. The van der Waals surface area contributed by atoms with E-state index in [1.54, 1.807) is 34.5 Å². The molecule has 1 aliphatic heterocycles. The number of likely N-dealkylation sites (N-methyl/N-ethyl adjacent to an activating group) is 1. The molecule has 1 aromatic heterocycles. The number of thiazole rings is 1. The second kappa shape index (κ2) is 17.9. The number of hydrogen-bond acceptors (Lipinski definition) is 10. The number of nitrogens with zero attached hydrogens (tertiary/aromatic N) is 3. The van der Waals surface area contributed by atoms with Crippen molar-refractivity contribution in [2.75, 3.05) is 46.6 Å². The lowest BCUT2D eigenvalue weighted by atomic mass is 9.83. The lowest BCUT2D eigenvalue weighted by Crippen LogP contribution is -2.56. The number of rotatable bonds is 17. The van der Waals surface area contributed by atoms with Gasteiger partial charge in [0.1, 0.15) is 48.0 Å². The molecule has 2 heterocycles. The summed E-state index contributed by atoms with van der Waals surface area (Å²) in [5, 5.41) is 14.6. The highest BCUT2D eigenvalue weighted by Crippen LogP contribution is 2.36. The van der Waals surface area contributed by atoms with Gasteiger partial charge in [0.25, 0.3) is 0 Å². The van der Waals surface area contributed by atoms with Gasteiger partial charge in [0.05, 0.1) is 25.9 Å². The van der Waals surface area contributed by atoms with Crippen LogP contribution < -0.4 is 10.1 Å². The van der Waals surface area contributed by atoms with Crippen LogP contribution in [0.15, 0.2) is 29.6 Å². The number of carbonyl (C=O) groups excluding carboxylic acids is 4. The average Bonchev–Trinajstić information content (AvgIpc) is 3.78. The van der Waals surface area contributed by atoms with E-state index in [0.717, 1.165) is 43.4 Å². The lowest BCUT2D eigenvalue weighted by Gasteiger charge is -2.35. The smallest absolute Gasteiger partial charge is 0.407 e. The van der Waals surface area contributed by atoms with E-state index < -0.39 is 24.1 Å².